The zero-order valence-corrected chi connectivity index (χ0v) is 7.85. The second-order valence-corrected chi connectivity index (χ2v) is 3.80. The fraction of sp³-hybridized carbons (Fsp3) is 0.375. The fourth-order valence-electron chi connectivity index (χ4n) is 1.23. The number of anilines is 1. The van der Waals surface area contributed by atoms with Gasteiger partial charge in [-0.25, -0.2) is 4.79 Å². The first-order valence-electron chi connectivity index (χ1n) is 3.94. The summed E-state index contributed by atoms with van der Waals surface area (Å²) in [5.74, 6) is -0.446. The van der Waals surface area contributed by atoms with Crippen LogP contribution in [0.15, 0.2) is 5.38 Å². The number of carboxylic acids is 1. The molecule has 0 fully saturated rings. The van der Waals surface area contributed by atoms with E-state index in [2.05, 4.69) is 5.32 Å². The maximum atomic E-state index is 10.7. The van der Waals surface area contributed by atoms with Gasteiger partial charge in [0.05, 0.1) is 12.2 Å². The quantitative estimate of drug-likeness (QED) is 0.721. The normalized spacial score (nSPS) is 19.9. The molecule has 4 nitrogen and oxygen atoms in total. The Labute approximate surface area is 79.1 Å². The molecule has 2 rings (SSSR count). The average Bonchev–Trinajstić information content (AvgIpc) is 2.46. The lowest BCUT2D eigenvalue weighted by Crippen LogP contribution is -2.27. The number of carboxylic acid groups (broad SMARTS) is 1. The van der Waals surface area contributed by atoms with Crippen LogP contribution in [0.2, 0.25) is 0 Å². The van der Waals surface area contributed by atoms with Gasteiger partial charge in [0.2, 0.25) is 0 Å². The number of ether oxygens (including phenoxy) is 1. The van der Waals surface area contributed by atoms with E-state index in [1.807, 2.05) is 6.92 Å². The number of carbonyl (C=O) groups is 1. The van der Waals surface area contributed by atoms with Crippen molar-refractivity contribution in [1.82, 2.24) is 0 Å². The molecule has 0 aromatic carbocycles. The molecule has 0 saturated carbocycles. The molecule has 70 valence electrons. The van der Waals surface area contributed by atoms with Crippen molar-refractivity contribution in [3.05, 3.63) is 10.3 Å². The lowest BCUT2D eigenvalue weighted by molar-refractivity contribution is 0.0696. The van der Waals surface area contributed by atoms with E-state index in [9.17, 15) is 4.79 Å². The molecule has 0 spiro atoms. The van der Waals surface area contributed by atoms with Crippen LogP contribution in [0.1, 0.15) is 16.6 Å². The molecule has 1 aromatic rings. The SMILES string of the molecule is CC1CNc2csc(C(=O)O)c2O1. The van der Waals surface area contributed by atoms with Crippen LogP contribution in [-0.4, -0.2) is 23.7 Å². The predicted octanol–water partition coefficient (Wildman–Crippen LogP) is 1.64. The Kier molecular flexibility index (Phi) is 1.88. The van der Waals surface area contributed by atoms with Gasteiger partial charge in [0, 0.05) is 5.38 Å². The highest BCUT2D eigenvalue weighted by atomic mass is 32.1. The highest BCUT2D eigenvalue weighted by Crippen LogP contribution is 2.38. The minimum Gasteiger partial charge on any atom is -0.485 e. The largest absolute Gasteiger partial charge is 0.485 e. The Morgan fingerprint density at radius 1 is 1.85 bits per heavy atom. The van der Waals surface area contributed by atoms with Crippen molar-refractivity contribution < 1.29 is 14.6 Å². The summed E-state index contributed by atoms with van der Waals surface area (Å²) in [6, 6.07) is 0. The number of thiophene rings is 1. The van der Waals surface area contributed by atoms with E-state index in [0.29, 0.717) is 5.75 Å². The van der Waals surface area contributed by atoms with E-state index in [4.69, 9.17) is 9.84 Å². The van der Waals surface area contributed by atoms with E-state index in [0.717, 1.165) is 12.2 Å². The highest BCUT2D eigenvalue weighted by molar-refractivity contribution is 7.13. The second kappa shape index (κ2) is 2.92. The van der Waals surface area contributed by atoms with Gasteiger partial charge in [-0.2, -0.15) is 0 Å². The molecule has 2 N–H and O–H groups in total. The molecule has 13 heavy (non-hydrogen) atoms. The van der Waals surface area contributed by atoms with Crippen molar-refractivity contribution >= 4 is 23.0 Å². The van der Waals surface area contributed by atoms with Crippen LogP contribution in [0, 0.1) is 0 Å². The van der Waals surface area contributed by atoms with Crippen molar-refractivity contribution in [2.45, 2.75) is 13.0 Å². The maximum Gasteiger partial charge on any atom is 0.349 e. The zero-order chi connectivity index (χ0) is 9.42. The van der Waals surface area contributed by atoms with E-state index in [1.165, 1.54) is 11.3 Å². The molecule has 0 radical (unpaired) electrons. The number of nitrogens with one attached hydrogen (secondary N) is 1. The van der Waals surface area contributed by atoms with Crippen molar-refractivity contribution in [3.63, 3.8) is 0 Å². The summed E-state index contributed by atoms with van der Waals surface area (Å²) in [5.41, 5.74) is 0.792. The molecule has 0 bridgehead atoms. The summed E-state index contributed by atoms with van der Waals surface area (Å²) < 4.78 is 5.43. The molecular formula is C8H9NO3S. The van der Waals surface area contributed by atoms with E-state index < -0.39 is 5.97 Å². The smallest absolute Gasteiger partial charge is 0.349 e. The molecule has 1 unspecified atom stereocenters. The molecule has 1 aliphatic rings. The van der Waals surface area contributed by atoms with Crippen LogP contribution in [0.4, 0.5) is 5.69 Å². The van der Waals surface area contributed by atoms with Gasteiger partial charge in [-0.05, 0) is 6.92 Å². The first kappa shape index (κ1) is 8.37. The molecule has 1 aromatic heterocycles. The molecule has 0 amide bonds. The zero-order valence-electron chi connectivity index (χ0n) is 7.03. The number of fused-ring (bicyclic) bond motifs is 1. The van der Waals surface area contributed by atoms with Crippen LogP contribution < -0.4 is 10.1 Å². The second-order valence-electron chi connectivity index (χ2n) is 2.92. The number of hydrogen-bond donors (Lipinski definition) is 2. The predicted molar refractivity (Wildman–Crippen MR) is 49.9 cm³/mol. The van der Waals surface area contributed by atoms with Crippen LogP contribution in [0.3, 0.4) is 0 Å². The third-order valence-electron chi connectivity index (χ3n) is 1.84. The Bertz CT molecular complexity index is 347. The number of hydrogen-bond acceptors (Lipinski definition) is 4. The third-order valence-corrected chi connectivity index (χ3v) is 2.79. The molecule has 2 heterocycles. The van der Waals surface area contributed by atoms with Gasteiger partial charge in [0.25, 0.3) is 0 Å². The van der Waals surface area contributed by atoms with Gasteiger partial charge in [-0.15, -0.1) is 11.3 Å². The van der Waals surface area contributed by atoms with Gasteiger partial charge < -0.3 is 15.2 Å². The molecule has 1 aliphatic heterocycles. The number of rotatable bonds is 1. The monoisotopic (exact) mass is 199 g/mol. The van der Waals surface area contributed by atoms with Crippen molar-refractivity contribution in [1.29, 1.82) is 0 Å². The highest BCUT2D eigenvalue weighted by Gasteiger charge is 2.24. The topological polar surface area (TPSA) is 58.6 Å². The average molecular weight is 199 g/mol. The summed E-state index contributed by atoms with van der Waals surface area (Å²) in [6.07, 6.45) is 0.0280. The van der Waals surface area contributed by atoms with E-state index in [-0.39, 0.29) is 11.0 Å². The van der Waals surface area contributed by atoms with Crippen molar-refractivity contribution in [2.75, 3.05) is 11.9 Å². The van der Waals surface area contributed by atoms with E-state index >= 15 is 0 Å². The summed E-state index contributed by atoms with van der Waals surface area (Å²) in [7, 11) is 0. The Morgan fingerprint density at radius 2 is 2.62 bits per heavy atom. The summed E-state index contributed by atoms with van der Waals surface area (Å²) >= 11 is 1.19. The van der Waals surface area contributed by atoms with Gasteiger partial charge >= 0.3 is 5.97 Å². The maximum absolute atomic E-state index is 10.7. The lowest BCUT2D eigenvalue weighted by atomic mass is 10.3. The van der Waals surface area contributed by atoms with Crippen LogP contribution in [0.5, 0.6) is 5.75 Å². The lowest BCUT2D eigenvalue weighted by Gasteiger charge is -2.22. The molecule has 0 saturated heterocycles. The fourth-order valence-corrected chi connectivity index (χ4v) is 2.02. The third kappa shape index (κ3) is 1.35. The van der Waals surface area contributed by atoms with Crippen molar-refractivity contribution in [3.8, 4) is 5.75 Å². The van der Waals surface area contributed by atoms with E-state index in [1.54, 1.807) is 5.38 Å². The Balaban J connectivity index is 2.41. The Hall–Kier alpha value is -1.23. The molecule has 5 heteroatoms. The van der Waals surface area contributed by atoms with Crippen LogP contribution >= 0.6 is 11.3 Å². The van der Waals surface area contributed by atoms with Gasteiger partial charge in [0.15, 0.2) is 10.6 Å². The summed E-state index contributed by atoms with van der Waals surface area (Å²) in [5, 5.41) is 13.7. The first-order valence-corrected chi connectivity index (χ1v) is 4.81. The molecule has 1 atom stereocenters. The van der Waals surface area contributed by atoms with Crippen molar-refractivity contribution in [2.24, 2.45) is 0 Å². The molecule has 0 aliphatic carbocycles. The first-order chi connectivity index (χ1) is 6.18. The minimum absolute atomic E-state index is 0.0280. The minimum atomic E-state index is -0.929. The van der Waals surface area contributed by atoms with Crippen LogP contribution in [0.25, 0.3) is 0 Å². The number of aromatic carboxylic acids is 1. The summed E-state index contributed by atoms with van der Waals surface area (Å²) in [4.78, 5) is 11.0. The van der Waals surface area contributed by atoms with Gasteiger partial charge in [-0.3, -0.25) is 0 Å². The Morgan fingerprint density at radius 3 is 3.31 bits per heavy atom. The van der Waals surface area contributed by atoms with Gasteiger partial charge in [0.1, 0.15) is 6.10 Å². The summed E-state index contributed by atoms with van der Waals surface area (Å²) in [6.45, 7) is 2.63. The van der Waals surface area contributed by atoms with Gasteiger partial charge in [-0.1, -0.05) is 0 Å². The van der Waals surface area contributed by atoms with Crippen LogP contribution in [-0.2, 0) is 0 Å². The standard InChI is InChI=1S/C8H9NO3S/c1-4-2-9-5-3-13-7(8(10)11)6(5)12-4/h3-4,9H,2H2,1H3,(H,10,11). The molecular weight excluding hydrogens is 190 g/mol.